The summed E-state index contributed by atoms with van der Waals surface area (Å²) in [4.78, 5) is 1.31. The van der Waals surface area contributed by atoms with Crippen LogP contribution in [0.15, 0.2) is 41.8 Å². The van der Waals surface area contributed by atoms with Gasteiger partial charge in [-0.3, -0.25) is 0 Å². The third-order valence-electron chi connectivity index (χ3n) is 2.88. The van der Waals surface area contributed by atoms with Crippen molar-refractivity contribution in [2.75, 3.05) is 5.32 Å². The smallest absolute Gasteiger partial charge is 0.0790 e. The van der Waals surface area contributed by atoms with E-state index in [1.165, 1.54) is 4.88 Å². The van der Waals surface area contributed by atoms with E-state index in [-0.39, 0.29) is 6.10 Å². The topological polar surface area (TPSA) is 32.3 Å². The van der Waals surface area contributed by atoms with Crippen LogP contribution in [0.4, 0.5) is 5.69 Å². The summed E-state index contributed by atoms with van der Waals surface area (Å²) in [6.45, 7) is 2.92. The third kappa shape index (κ3) is 3.59. The predicted octanol–water partition coefficient (Wildman–Crippen LogP) is 4.19. The van der Waals surface area contributed by atoms with Gasteiger partial charge in [-0.05, 0) is 35.6 Å². The average molecular weight is 261 g/mol. The van der Waals surface area contributed by atoms with Crippen LogP contribution in [0.5, 0.6) is 0 Å². The Hall–Kier alpha value is -1.32. The Morgan fingerprint density at radius 2 is 2.17 bits per heavy atom. The molecule has 2 aromatic rings. The molecule has 2 rings (SSSR count). The lowest BCUT2D eigenvalue weighted by atomic mass is 10.0. The van der Waals surface area contributed by atoms with E-state index in [1.807, 2.05) is 24.3 Å². The highest BCUT2D eigenvalue weighted by atomic mass is 32.1. The SMILES string of the molecule is CCCC(O)c1cccc(NCc2cccs2)c1. The number of thiophene rings is 1. The standard InChI is InChI=1S/C15H19NOS/c1-2-5-15(17)12-6-3-7-13(10-12)16-11-14-8-4-9-18-14/h3-4,6-10,15-17H,2,5,11H2,1H3. The predicted molar refractivity (Wildman–Crippen MR) is 78.0 cm³/mol. The highest BCUT2D eigenvalue weighted by Crippen LogP contribution is 2.22. The van der Waals surface area contributed by atoms with Crippen LogP contribution in [0.1, 0.15) is 36.3 Å². The molecule has 1 aromatic carbocycles. The summed E-state index contributed by atoms with van der Waals surface area (Å²) in [5, 5.41) is 15.4. The van der Waals surface area contributed by atoms with Gasteiger partial charge in [0.15, 0.2) is 0 Å². The fraction of sp³-hybridized carbons (Fsp3) is 0.333. The first-order valence-electron chi connectivity index (χ1n) is 6.34. The number of hydrogen-bond donors (Lipinski definition) is 2. The van der Waals surface area contributed by atoms with Crippen LogP contribution in [0, 0.1) is 0 Å². The van der Waals surface area contributed by atoms with E-state index in [0.29, 0.717) is 0 Å². The van der Waals surface area contributed by atoms with Crippen LogP contribution in [-0.2, 0) is 6.54 Å². The molecule has 0 radical (unpaired) electrons. The van der Waals surface area contributed by atoms with Crippen LogP contribution < -0.4 is 5.32 Å². The Labute approximate surface area is 112 Å². The van der Waals surface area contributed by atoms with E-state index in [9.17, 15) is 5.11 Å². The summed E-state index contributed by atoms with van der Waals surface area (Å²) >= 11 is 1.75. The first-order chi connectivity index (χ1) is 8.79. The van der Waals surface area contributed by atoms with Gasteiger partial charge in [-0.1, -0.05) is 31.5 Å². The fourth-order valence-corrected chi connectivity index (χ4v) is 2.54. The Bertz CT molecular complexity index is 467. The molecule has 2 N–H and O–H groups in total. The largest absolute Gasteiger partial charge is 0.388 e. The molecule has 1 heterocycles. The van der Waals surface area contributed by atoms with Gasteiger partial charge in [0.25, 0.3) is 0 Å². The van der Waals surface area contributed by atoms with Gasteiger partial charge >= 0.3 is 0 Å². The zero-order valence-corrected chi connectivity index (χ0v) is 11.4. The second kappa shape index (κ2) is 6.57. The monoisotopic (exact) mass is 261 g/mol. The Kier molecular flexibility index (Phi) is 4.79. The molecule has 0 aliphatic carbocycles. The first kappa shape index (κ1) is 13.1. The second-order valence-electron chi connectivity index (χ2n) is 4.36. The maximum atomic E-state index is 9.97. The highest BCUT2D eigenvalue weighted by molar-refractivity contribution is 7.09. The van der Waals surface area contributed by atoms with Gasteiger partial charge in [0, 0.05) is 17.1 Å². The van der Waals surface area contributed by atoms with E-state index < -0.39 is 0 Å². The zero-order chi connectivity index (χ0) is 12.8. The van der Waals surface area contributed by atoms with Crippen LogP contribution in [-0.4, -0.2) is 5.11 Å². The number of rotatable bonds is 6. The van der Waals surface area contributed by atoms with E-state index in [2.05, 4.69) is 29.8 Å². The lowest BCUT2D eigenvalue weighted by molar-refractivity contribution is 0.166. The van der Waals surface area contributed by atoms with Gasteiger partial charge in [-0.15, -0.1) is 11.3 Å². The van der Waals surface area contributed by atoms with Gasteiger partial charge in [0.05, 0.1) is 6.10 Å². The molecule has 1 unspecified atom stereocenters. The summed E-state index contributed by atoms with van der Waals surface area (Å²) in [6, 6.07) is 12.2. The molecule has 18 heavy (non-hydrogen) atoms. The lowest BCUT2D eigenvalue weighted by Crippen LogP contribution is -2.00. The highest BCUT2D eigenvalue weighted by Gasteiger charge is 2.06. The van der Waals surface area contributed by atoms with E-state index in [0.717, 1.165) is 30.6 Å². The lowest BCUT2D eigenvalue weighted by Gasteiger charge is -2.12. The molecule has 1 aromatic heterocycles. The van der Waals surface area contributed by atoms with Crippen molar-refractivity contribution in [3.63, 3.8) is 0 Å². The molecular weight excluding hydrogens is 242 g/mol. The summed E-state index contributed by atoms with van der Waals surface area (Å²) in [7, 11) is 0. The summed E-state index contributed by atoms with van der Waals surface area (Å²) in [6.07, 6.45) is 1.46. The average Bonchev–Trinajstić information content (AvgIpc) is 2.90. The van der Waals surface area contributed by atoms with Crippen molar-refractivity contribution in [1.82, 2.24) is 0 Å². The van der Waals surface area contributed by atoms with Crippen molar-refractivity contribution in [2.45, 2.75) is 32.4 Å². The van der Waals surface area contributed by atoms with Crippen molar-refractivity contribution in [3.8, 4) is 0 Å². The Balaban J connectivity index is 1.98. The van der Waals surface area contributed by atoms with Crippen LogP contribution >= 0.6 is 11.3 Å². The molecule has 1 atom stereocenters. The van der Waals surface area contributed by atoms with Crippen molar-refractivity contribution in [3.05, 3.63) is 52.2 Å². The zero-order valence-electron chi connectivity index (χ0n) is 10.6. The molecule has 0 saturated heterocycles. The van der Waals surface area contributed by atoms with Gasteiger partial charge in [-0.25, -0.2) is 0 Å². The number of nitrogens with one attached hydrogen (secondary N) is 1. The van der Waals surface area contributed by atoms with Crippen LogP contribution in [0.2, 0.25) is 0 Å². The number of benzene rings is 1. The van der Waals surface area contributed by atoms with Gasteiger partial charge in [0.1, 0.15) is 0 Å². The first-order valence-corrected chi connectivity index (χ1v) is 7.22. The molecule has 0 aliphatic heterocycles. The fourth-order valence-electron chi connectivity index (χ4n) is 1.90. The third-order valence-corrected chi connectivity index (χ3v) is 3.76. The minimum Gasteiger partial charge on any atom is -0.388 e. The molecule has 0 aliphatic rings. The van der Waals surface area contributed by atoms with Crippen molar-refractivity contribution in [1.29, 1.82) is 0 Å². The molecule has 2 nitrogen and oxygen atoms in total. The minimum atomic E-state index is -0.349. The number of hydrogen-bond acceptors (Lipinski definition) is 3. The van der Waals surface area contributed by atoms with Crippen LogP contribution in [0.3, 0.4) is 0 Å². The Morgan fingerprint density at radius 1 is 1.28 bits per heavy atom. The van der Waals surface area contributed by atoms with E-state index >= 15 is 0 Å². The summed E-state index contributed by atoms with van der Waals surface area (Å²) in [5.74, 6) is 0. The van der Waals surface area contributed by atoms with Gasteiger partial charge < -0.3 is 10.4 Å². The van der Waals surface area contributed by atoms with E-state index in [4.69, 9.17) is 0 Å². The van der Waals surface area contributed by atoms with Crippen molar-refractivity contribution < 1.29 is 5.11 Å². The quantitative estimate of drug-likeness (QED) is 0.817. The molecule has 0 fully saturated rings. The van der Waals surface area contributed by atoms with E-state index in [1.54, 1.807) is 11.3 Å². The molecule has 0 saturated carbocycles. The summed E-state index contributed by atoms with van der Waals surface area (Å²) in [5.41, 5.74) is 2.06. The molecule has 0 amide bonds. The maximum absolute atomic E-state index is 9.97. The van der Waals surface area contributed by atoms with Gasteiger partial charge in [0.2, 0.25) is 0 Å². The molecule has 96 valence electrons. The van der Waals surface area contributed by atoms with Crippen LogP contribution in [0.25, 0.3) is 0 Å². The number of anilines is 1. The van der Waals surface area contributed by atoms with Gasteiger partial charge in [-0.2, -0.15) is 0 Å². The second-order valence-corrected chi connectivity index (χ2v) is 5.40. The number of aliphatic hydroxyl groups excluding tert-OH is 1. The minimum absolute atomic E-state index is 0.349. The van der Waals surface area contributed by atoms with Crippen molar-refractivity contribution in [2.24, 2.45) is 0 Å². The normalized spacial score (nSPS) is 12.3. The maximum Gasteiger partial charge on any atom is 0.0790 e. The molecular formula is C15H19NOS. The van der Waals surface area contributed by atoms with Crippen molar-refractivity contribution >= 4 is 17.0 Å². The molecule has 0 bridgehead atoms. The Morgan fingerprint density at radius 3 is 2.89 bits per heavy atom. The molecule has 3 heteroatoms. The summed E-state index contributed by atoms with van der Waals surface area (Å²) < 4.78 is 0. The number of aliphatic hydroxyl groups is 1. The molecule has 0 spiro atoms.